The van der Waals surface area contributed by atoms with E-state index in [1.807, 2.05) is 0 Å². The van der Waals surface area contributed by atoms with Gasteiger partial charge >= 0.3 is 5.97 Å². The number of ether oxygens (including phenoxy) is 2. The molecule has 0 spiro atoms. The molecule has 0 radical (unpaired) electrons. The Morgan fingerprint density at radius 2 is 1.71 bits per heavy atom. The zero-order valence-electron chi connectivity index (χ0n) is 11.1. The van der Waals surface area contributed by atoms with Gasteiger partial charge in [0.2, 0.25) is 5.88 Å². The number of hydrogen-bond donors (Lipinski definition) is 0. The highest BCUT2D eigenvalue weighted by Gasteiger charge is 2.15. The Hall–Kier alpha value is -1.49. The molecule has 21 heavy (non-hydrogen) atoms. The third kappa shape index (κ3) is 3.23. The summed E-state index contributed by atoms with van der Waals surface area (Å²) >= 11 is 18.0. The van der Waals surface area contributed by atoms with Gasteiger partial charge in [0.1, 0.15) is 0 Å². The van der Waals surface area contributed by atoms with Crippen molar-refractivity contribution in [2.24, 2.45) is 0 Å². The first kappa shape index (κ1) is 15.9. The molecule has 2 aromatic rings. The normalized spacial score (nSPS) is 10.3. The van der Waals surface area contributed by atoms with Crippen molar-refractivity contribution in [3.8, 4) is 17.0 Å². The Bertz CT molecular complexity index is 681. The number of methoxy groups -OCH3 is 2. The molecule has 0 unspecified atom stereocenters. The predicted octanol–water partition coefficient (Wildman–Crippen LogP) is 4.50. The molecule has 1 aromatic heterocycles. The molecule has 0 saturated heterocycles. The summed E-state index contributed by atoms with van der Waals surface area (Å²) in [6.45, 7) is 0. The molecule has 4 nitrogen and oxygen atoms in total. The van der Waals surface area contributed by atoms with Crippen molar-refractivity contribution in [3.05, 3.63) is 45.0 Å². The summed E-state index contributed by atoms with van der Waals surface area (Å²) < 4.78 is 9.83. The molecule has 0 fully saturated rings. The summed E-state index contributed by atoms with van der Waals surface area (Å²) in [5, 5.41) is 0.914. The van der Waals surface area contributed by atoms with E-state index in [0.29, 0.717) is 21.2 Å². The molecular formula is C14H10Cl3NO3. The second-order valence-corrected chi connectivity index (χ2v) is 5.19. The SMILES string of the molecule is COC(=O)c1ccc(-c2cc(Cl)c(Cl)c(Cl)c2)c(OC)n1. The van der Waals surface area contributed by atoms with Gasteiger partial charge in [0.05, 0.1) is 29.3 Å². The van der Waals surface area contributed by atoms with Crippen LogP contribution in [0.1, 0.15) is 10.5 Å². The van der Waals surface area contributed by atoms with Crippen molar-refractivity contribution < 1.29 is 14.3 Å². The summed E-state index contributed by atoms with van der Waals surface area (Å²) in [5.74, 6) is -0.292. The number of carbonyl (C=O) groups excluding carboxylic acids is 1. The van der Waals surface area contributed by atoms with Crippen LogP contribution in [0.2, 0.25) is 15.1 Å². The molecule has 0 atom stereocenters. The van der Waals surface area contributed by atoms with E-state index in [2.05, 4.69) is 9.72 Å². The van der Waals surface area contributed by atoms with Crippen LogP contribution in [0.25, 0.3) is 11.1 Å². The Balaban J connectivity index is 2.56. The van der Waals surface area contributed by atoms with E-state index in [4.69, 9.17) is 39.5 Å². The van der Waals surface area contributed by atoms with Gasteiger partial charge in [0.25, 0.3) is 0 Å². The molecular weight excluding hydrogens is 337 g/mol. The molecule has 110 valence electrons. The van der Waals surface area contributed by atoms with Crippen molar-refractivity contribution in [2.75, 3.05) is 14.2 Å². The second kappa shape index (κ2) is 6.52. The Kier molecular flexibility index (Phi) is 4.93. The molecule has 0 bridgehead atoms. The monoisotopic (exact) mass is 345 g/mol. The molecule has 0 N–H and O–H groups in total. The molecule has 0 aliphatic heterocycles. The van der Waals surface area contributed by atoms with E-state index in [1.165, 1.54) is 20.3 Å². The van der Waals surface area contributed by atoms with E-state index in [1.54, 1.807) is 18.2 Å². The van der Waals surface area contributed by atoms with Crippen LogP contribution < -0.4 is 4.74 Å². The van der Waals surface area contributed by atoms with Crippen molar-refractivity contribution in [2.45, 2.75) is 0 Å². The van der Waals surface area contributed by atoms with Crippen LogP contribution in [0.4, 0.5) is 0 Å². The third-order valence-electron chi connectivity index (χ3n) is 2.74. The zero-order chi connectivity index (χ0) is 15.6. The van der Waals surface area contributed by atoms with Gasteiger partial charge in [-0.05, 0) is 29.8 Å². The highest BCUT2D eigenvalue weighted by molar-refractivity contribution is 6.48. The fourth-order valence-corrected chi connectivity index (χ4v) is 2.34. The molecule has 1 heterocycles. The summed E-state index contributed by atoms with van der Waals surface area (Å²) in [4.78, 5) is 15.6. The highest BCUT2D eigenvalue weighted by atomic mass is 35.5. The van der Waals surface area contributed by atoms with Crippen LogP contribution in [0.3, 0.4) is 0 Å². The summed E-state index contributed by atoms with van der Waals surface area (Å²) in [5.41, 5.74) is 1.45. The Morgan fingerprint density at radius 1 is 1.10 bits per heavy atom. The number of halogens is 3. The Morgan fingerprint density at radius 3 is 2.24 bits per heavy atom. The minimum atomic E-state index is -0.549. The topological polar surface area (TPSA) is 48.4 Å². The number of pyridine rings is 1. The highest BCUT2D eigenvalue weighted by Crippen LogP contribution is 2.37. The van der Waals surface area contributed by atoms with E-state index in [9.17, 15) is 4.79 Å². The number of rotatable bonds is 3. The number of aromatic nitrogens is 1. The van der Waals surface area contributed by atoms with Gasteiger partial charge in [0.15, 0.2) is 5.69 Å². The van der Waals surface area contributed by atoms with Crippen molar-refractivity contribution in [1.29, 1.82) is 0 Å². The van der Waals surface area contributed by atoms with Crippen LogP contribution in [-0.2, 0) is 4.74 Å². The molecule has 1 aromatic carbocycles. The first-order chi connectivity index (χ1) is 9.97. The molecule has 0 aliphatic carbocycles. The smallest absolute Gasteiger partial charge is 0.356 e. The van der Waals surface area contributed by atoms with Gasteiger partial charge < -0.3 is 9.47 Å². The van der Waals surface area contributed by atoms with Gasteiger partial charge in [-0.15, -0.1) is 0 Å². The summed E-state index contributed by atoms with van der Waals surface area (Å²) in [6, 6.07) is 6.49. The lowest BCUT2D eigenvalue weighted by Crippen LogP contribution is -2.05. The first-order valence-electron chi connectivity index (χ1n) is 5.76. The minimum absolute atomic E-state index is 0.143. The lowest BCUT2D eigenvalue weighted by Gasteiger charge is -2.10. The van der Waals surface area contributed by atoms with Crippen molar-refractivity contribution in [3.63, 3.8) is 0 Å². The van der Waals surface area contributed by atoms with Gasteiger partial charge in [0, 0.05) is 5.56 Å². The summed E-state index contributed by atoms with van der Waals surface area (Å²) in [6.07, 6.45) is 0. The zero-order valence-corrected chi connectivity index (χ0v) is 13.4. The van der Waals surface area contributed by atoms with E-state index >= 15 is 0 Å². The van der Waals surface area contributed by atoms with Gasteiger partial charge in [-0.3, -0.25) is 0 Å². The summed E-state index contributed by atoms with van der Waals surface area (Å²) in [7, 11) is 2.73. The van der Waals surface area contributed by atoms with Crippen LogP contribution in [-0.4, -0.2) is 25.2 Å². The number of carbonyl (C=O) groups is 1. The van der Waals surface area contributed by atoms with Crippen LogP contribution in [0, 0.1) is 0 Å². The number of esters is 1. The largest absolute Gasteiger partial charge is 0.481 e. The van der Waals surface area contributed by atoms with Gasteiger partial charge in [-0.2, -0.15) is 0 Å². The maximum absolute atomic E-state index is 11.5. The van der Waals surface area contributed by atoms with E-state index < -0.39 is 5.97 Å². The number of hydrogen-bond acceptors (Lipinski definition) is 4. The number of nitrogens with zero attached hydrogens (tertiary/aromatic N) is 1. The Labute approximate surface area is 136 Å². The van der Waals surface area contributed by atoms with Gasteiger partial charge in [-0.1, -0.05) is 34.8 Å². The van der Waals surface area contributed by atoms with Crippen LogP contribution in [0.5, 0.6) is 5.88 Å². The average molecular weight is 347 g/mol. The van der Waals surface area contributed by atoms with Gasteiger partial charge in [-0.25, -0.2) is 9.78 Å². The maximum atomic E-state index is 11.5. The second-order valence-electron chi connectivity index (χ2n) is 4.00. The minimum Gasteiger partial charge on any atom is -0.481 e. The molecule has 7 heteroatoms. The number of benzene rings is 1. The van der Waals surface area contributed by atoms with Crippen molar-refractivity contribution in [1.82, 2.24) is 4.98 Å². The lowest BCUT2D eigenvalue weighted by molar-refractivity contribution is 0.0593. The maximum Gasteiger partial charge on any atom is 0.356 e. The van der Waals surface area contributed by atoms with Crippen molar-refractivity contribution >= 4 is 40.8 Å². The fourth-order valence-electron chi connectivity index (χ4n) is 1.75. The standard InChI is InChI=1S/C14H10Cl3NO3/c1-20-13-8(3-4-11(18-13)14(19)21-2)7-5-9(15)12(17)10(16)6-7/h3-6H,1-2H3. The quantitative estimate of drug-likeness (QED) is 0.606. The lowest BCUT2D eigenvalue weighted by atomic mass is 10.1. The van der Waals surface area contributed by atoms with E-state index in [-0.39, 0.29) is 16.6 Å². The molecule has 2 rings (SSSR count). The van der Waals surface area contributed by atoms with Crippen LogP contribution >= 0.6 is 34.8 Å². The molecule has 0 saturated carbocycles. The average Bonchev–Trinajstić information content (AvgIpc) is 2.50. The third-order valence-corrected chi connectivity index (χ3v) is 3.94. The first-order valence-corrected chi connectivity index (χ1v) is 6.89. The molecule has 0 amide bonds. The van der Waals surface area contributed by atoms with E-state index in [0.717, 1.165) is 0 Å². The van der Waals surface area contributed by atoms with Crippen LogP contribution in [0.15, 0.2) is 24.3 Å². The predicted molar refractivity (Wildman–Crippen MR) is 82.6 cm³/mol. The molecule has 0 aliphatic rings. The fraction of sp³-hybridized carbons (Fsp3) is 0.143.